The third kappa shape index (κ3) is 1.40. The second-order valence-corrected chi connectivity index (χ2v) is 3.64. The Morgan fingerprint density at radius 3 is 2.57 bits per heavy atom. The van der Waals surface area contributed by atoms with E-state index in [1.54, 1.807) is 0 Å². The van der Waals surface area contributed by atoms with Gasteiger partial charge in [-0.25, -0.2) is 0 Å². The van der Waals surface area contributed by atoms with Gasteiger partial charge in [-0.3, -0.25) is 4.79 Å². The zero-order valence-electron chi connectivity index (χ0n) is 8.10. The molecule has 0 aliphatic carbocycles. The van der Waals surface area contributed by atoms with Crippen molar-refractivity contribution in [2.75, 3.05) is 6.73 Å². The number of carbonyl (C=O) groups is 1. The van der Waals surface area contributed by atoms with E-state index in [4.69, 9.17) is 5.11 Å². The van der Waals surface area contributed by atoms with Gasteiger partial charge in [-0.2, -0.15) is 0 Å². The SMILES string of the molecule is Cc1ccc(C2CC(=O)N2CO)cc1. The molecule has 1 aliphatic rings. The first-order valence-corrected chi connectivity index (χ1v) is 4.69. The molecule has 1 heterocycles. The summed E-state index contributed by atoms with van der Waals surface area (Å²) in [6, 6.07) is 8.14. The number of aryl methyl sites for hydroxylation is 1. The molecule has 0 spiro atoms. The Morgan fingerprint density at radius 1 is 1.43 bits per heavy atom. The number of nitrogens with zero attached hydrogens (tertiary/aromatic N) is 1. The molecule has 0 aromatic heterocycles. The first-order valence-electron chi connectivity index (χ1n) is 4.69. The Morgan fingerprint density at radius 2 is 2.07 bits per heavy atom. The van der Waals surface area contributed by atoms with Crippen molar-refractivity contribution in [3.63, 3.8) is 0 Å². The molecule has 1 aromatic carbocycles. The molecule has 1 amide bonds. The molecular weight excluding hydrogens is 178 g/mol. The van der Waals surface area contributed by atoms with Crippen molar-refractivity contribution in [1.82, 2.24) is 4.90 Å². The van der Waals surface area contributed by atoms with E-state index < -0.39 is 0 Å². The maximum absolute atomic E-state index is 11.1. The van der Waals surface area contributed by atoms with Crippen LogP contribution in [0.5, 0.6) is 0 Å². The van der Waals surface area contributed by atoms with E-state index in [1.807, 2.05) is 31.2 Å². The van der Waals surface area contributed by atoms with Gasteiger partial charge in [0.25, 0.3) is 0 Å². The Kier molecular flexibility index (Phi) is 2.25. The minimum atomic E-state index is -0.183. The second kappa shape index (κ2) is 3.42. The van der Waals surface area contributed by atoms with Crippen molar-refractivity contribution >= 4 is 5.91 Å². The molecule has 1 atom stereocenters. The van der Waals surface area contributed by atoms with Crippen LogP contribution in [0.25, 0.3) is 0 Å². The summed E-state index contributed by atoms with van der Waals surface area (Å²) in [4.78, 5) is 12.6. The smallest absolute Gasteiger partial charge is 0.227 e. The van der Waals surface area contributed by atoms with E-state index >= 15 is 0 Å². The first-order chi connectivity index (χ1) is 6.72. The van der Waals surface area contributed by atoms with Crippen molar-refractivity contribution in [3.8, 4) is 0 Å². The summed E-state index contributed by atoms with van der Waals surface area (Å²) in [5.41, 5.74) is 2.30. The maximum Gasteiger partial charge on any atom is 0.227 e. The highest BCUT2D eigenvalue weighted by molar-refractivity contribution is 5.83. The van der Waals surface area contributed by atoms with E-state index in [9.17, 15) is 4.79 Å². The summed E-state index contributed by atoms with van der Waals surface area (Å²) in [5, 5.41) is 8.95. The number of aliphatic hydroxyl groups excluding tert-OH is 1. The fourth-order valence-corrected chi connectivity index (χ4v) is 1.72. The predicted molar refractivity (Wildman–Crippen MR) is 52.5 cm³/mol. The van der Waals surface area contributed by atoms with Gasteiger partial charge >= 0.3 is 0 Å². The van der Waals surface area contributed by atoms with Crippen LogP contribution in [0.4, 0.5) is 0 Å². The van der Waals surface area contributed by atoms with Gasteiger partial charge in [0.2, 0.25) is 5.91 Å². The van der Waals surface area contributed by atoms with Gasteiger partial charge in [-0.15, -0.1) is 0 Å². The lowest BCUT2D eigenvalue weighted by atomic mass is 9.94. The van der Waals surface area contributed by atoms with Gasteiger partial charge in [0, 0.05) is 0 Å². The minimum absolute atomic E-state index is 0.0260. The molecule has 0 radical (unpaired) electrons. The van der Waals surface area contributed by atoms with Gasteiger partial charge in [-0.1, -0.05) is 29.8 Å². The molecule has 1 unspecified atom stereocenters. The lowest BCUT2D eigenvalue weighted by molar-refractivity contribution is -0.152. The molecule has 74 valence electrons. The van der Waals surface area contributed by atoms with Crippen LogP contribution < -0.4 is 0 Å². The fraction of sp³-hybridized carbons (Fsp3) is 0.364. The Bertz CT molecular complexity index is 345. The standard InChI is InChI=1S/C11H13NO2/c1-8-2-4-9(5-3-8)10-6-11(14)12(10)7-13/h2-5,10,13H,6-7H2,1H3. The molecule has 14 heavy (non-hydrogen) atoms. The summed E-state index contributed by atoms with van der Waals surface area (Å²) in [5.74, 6) is 0.0260. The highest BCUT2D eigenvalue weighted by Crippen LogP contribution is 2.33. The van der Waals surface area contributed by atoms with E-state index in [1.165, 1.54) is 10.5 Å². The molecule has 0 bridgehead atoms. The number of hydrogen-bond acceptors (Lipinski definition) is 2. The average molecular weight is 191 g/mol. The number of aliphatic hydroxyl groups is 1. The van der Waals surface area contributed by atoms with Crippen molar-refractivity contribution in [3.05, 3.63) is 35.4 Å². The van der Waals surface area contributed by atoms with Crippen LogP contribution in [0.15, 0.2) is 24.3 Å². The number of benzene rings is 1. The minimum Gasteiger partial charge on any atom is -0.376 e. The zero-order chi connectivity index (χ0) is 10.1. The van der Waals surface area contributed by atoms with E-state index in [-0.39, 0.29) is 18.7 Å². The van der Waals surface area contributed by atoms with Crippen LogP contribution in [0, 0.1) is 6.92 Å². The van der Waals surface area contributed by atoms with Gasteiger partial charge < -0.3 is 10.0 Å². The molecule has 1 N–H and O–H groups in total. The van der Waals surface area contributed by atoms with Crippen molar-refractivity contribution in [2.45, 2.75) is 19.4 Å². The molecule has 1 aliphatic heterocycles. The second-order valence-electron chi connectivity index (χ2n) is 3.64. The normalized spacial score (nSPS) is 20.9. The van der Waals surface area contributed by atoms with Gasteiger partial charge in [0.05, 0.1) is 12.5 Å². The number of rotatable bonds is 2. The van der Waals surface area contributed by atoms with Crippen LogP contribution in [-0.2, 0) is 4.79 Å². The number of hydrogen-bond donors (Lipinski definition) is 1. The highest BCUT2D eigenvalue weighted by atomic mass is 16.3. The molecule has 1 saturated heterocycles. The Balaban J connectivity index is 2.17. The summed E-state index contributed by atoms with van der Waals surface area (Å²) in [6.45, 7) is 1.84. The molecule has 1 fully saturated rings. The van der Waals surface area contributed by atoms with Crippen LogP contribution in [0.1, 0.15) is 23.6 Å². The van der Waals surface area contributed by atoms with Gasteiger partial charge in [0.15, 0.2) is 0 Å². The third-order valence-corrected chi connectivity index (χ3v) is 2.68. The number of likely N-dealkylation sites (tertiary alicyclic amines) is 1. The molecule has 3 heteroatoms. The number of β-lactam (4-membered cyclic amide) rings is 1. The first kappa shape index (κ1) is 9.21. The predicted octanol–water partition coefficient (Wildman–Crippen LogP) is 1.22. The third-order valence-electron chi connectivity index (χ3n) is 2.68. The summed E-state index contributed by atoms with van der Waals surface area (Å²) >= 11 is 0. The molecule has 3 nitrogen and oxygen atoms in total. The van der Waals surface area contributed by atoms with Crippen LogP contribution in [0.2, 0.25) is 0 Å². The van der Waals surface area contributed by atoms with Crippen LogP contribution in [0.3, 0.4) is 0 Å². The summed E-state index contributed by atoms with van der Waals surface area (Å²) in [6.07, 6.45) is 0.517. The largest absolute Gasteiger partial charge is 0.376 e. The van der Waals surface area contributed by atoms with E-state index in [0.717, 1.165) is 5.56 Å². The topological polar surface area (TPSA) is 40.5 Å². The van der Waals surface area contributed by atoms with E-state index in [0.29, 0.717) is 6.42 Å². The highest BCUT2D eigenvalue weighted by Gasteiger charge is 2.36. The molecule has 0 saturated carbocycles. The average Bonchev–Trinajstić information content (AvgIpc) is 2.16. The van der Waals surface area contributed by atoms with Crippen molar-refractivity contribution in [2.24, 2.45) is 0 Å². The van der Waals surface area contributed by atoms with Crippen LogP contribution >= 0.6 is 0 Å². The summed E-state index contributed by atoms with van der Waals surface area (Å²) in [7, 11) is 0. The lowest BCUT2D eigenvalue weighted by Crippen LogP contribution is -2.46. The molecule has 2 rings (SSSR count). The molecule has 1 aromatic rings. The Hall–Kier alpha value is -1.35. The zero-order valence-corrected chi connectivity index (χ0v) is 8.10. The van der Waals surface area contributed by atoms with Gasteiger partial charge in [0.1, 0.15) is 6.73 Å². The summed E-state index contributed by atoms with van der Waals surface area (Å²) < 4.78 is 0. The van der Waals surface area contributed by atoms with E-state index in [2.05, 4.69) is 0 Å². The number of amides is 1. The fourth-order valence-electron chi connectivity index (χ4n) is 1.72. The quantitative estimate of drug-likeness (QED) is 0.714. The Labute approximate surface area is 83.0 Å². The van der Waals surface area contributed by atoms with Crippen LogP contribution in [-0.4, -0.2) is 22.6 Å². The maximum atomic E-state index is 11.1. The van der Waals surface area contributed by atoms with Crippen molar-refractivity contribution < 1.29 is 9.90 Å². The number of carbonyl (C=O) groups excluding carboxylic acids is 1. The van der Waals surface area contributed by atoms with Gasteiger partial charge in [-0.05, 0) is 12.5 Å². The van der Waals surface area contributed by atoms with Crippen molar-refractivity contribution in [1.29, 1.82) is 0 Å². The monoisotopic (exact) mass is 191 g/mol. The lowest BCUT2D eigenvalue weighted by Gasteiger charge is -2.39. The molecular formula is C11H13NO2.